The minimum Gasteiger partial charge on any atom is -0.307 e. The molecular weight excluding hydrogens is 327 g/mol. The SMILES string of the molecule is CCCCCCn1c(-c2ccccc2F)nc2nc3ccccc3nc21. The molecular formula is C21H21FN4. The lowest BCUT2D eigenvalue weighted by Crippen LogP contribution is -2.03. The normalized spacial score (nSPS) is 11.5. The van der Waals surface area contributed by atoms with E-state index < -0.39 is 0 Å². The number of para-hydroxylation sites is 2. The molecule has 0 N–H and O–H groups in total. The van der Waals surface area contributed by atoms with Crippen molar-refractivity contribution in [2.75, 3.05) is 0 Å². The van der Waals surface area contributed by atoms with Crippen LogP contribution in [0.15, 0.2) is 48.5 Å². The molecule has 0 unspecified atom stereocenters. The van der Waals surface area contributed by atoms with Crippen LogP contribution >= 0.6 is 0 Å². The lowest BCUT2D eigenvalue weighted by atomic mass is 10.2. The van der Waals surface area contributed by atoms with Crippen molar-refractivity contribution in [3.8, 4) is 11.4 Å². The fraction of sp³-hybridized carbons (Fsp3) is 0.286. The summed E-state index contributed by atoms with van der Waals surface area (Å²) in [4.78, 5) is 14.1. The van der Waals surface area contributed by atoms with Gasteiger partial charge in [-0.1, -0.05) is 50.5 Å². The lowest BCUT2D eigenvalue weighted by Gasteiger charge is -2.09. The van der Waals surface area contributed by atoms with Gasteiger partial charge in [-0.05, 0) is 30.7 Å². The van der Waals surface area contributed by atoms with Crippen molar-refractivity contribution in [3.05, 3.63) is 54.3 Å². The summed E-state index contributed by atoms with van der Waals surface area (Å²) in [5.41, 5.74) is 3.41. The number of halogens is 1. The molecule has 4 nitrogen and oxygen atoms in total. The van der Waals surface area contributed by atoms with Gasteiger partial charge in [-0.2, -0.15) is 0 Å². The van der Waals surface area contributed by atoms with E-state index in [2.05, 4.69) is 16.9 Å². The van der Waals surface area contributed by atoms with Gasteiger partial charge in [-0.25, -0.2) is 19.3 Å². The number of hydrogen-bond acceptors (Lipinski definition) is 3. The predicted molar refractivity (Wildman–Crippen MR) is 102 cm³/mol. The number of benzene rings is 2. The topological polar surface area (TPSA) is 43.6 Å². The van der Waals surface area contributed by atoms with Crippen LogP contribution in [0.25, 0.3) is 33.7 Å². The fourth-order valence-electron chi connectivity index (χ4n) is 3.26. The van der Waals surface area contributed by atoms with E-state index in [1.165, 1.54) is 18.9 Å². The van der Waals surface area contributed by atoms with Crippen LogP contribution in [0.2, 0.25) is 0 Å². The standard InChI is InChI=1S/C21H21FN4/c1-2-3-4-9-14-26-20(15-10-5-6-11-16(15)22)25-19-21(26)24-18-13-8-7-12-17(18)23-19/h5-8,10-13H,2-4,9,14H2,1H3. The van der Waals surface area contributed by atoms with Crippen LogP contribution < -0.4 is 0 Å². The Morgan fingerprint density at radius 2 is 1.58 bits per heavy atom. The maximum absolute atomic E-state index is 14.4. The van der Waals surface area contributed by atoms with Gasteiger partial charge in [0, 0.05) is 6.54 Å². The lowest BCUT2D eigenvalue weighted by molar-refractivity contribution is 0.588. The monoisotopic (exact) mass is 348 g/mol. The highest BCUT2D eigenvalue weighted by Crippen LogP contribution is 2.27. The summed E-state index contributed by atoms with van der Waals surface area (Å²) in [6.07, 6.45) is 4.51. The third-order valence-corrected chi connectivity index (χ3v) is 4.61. The van der Waals surface area contributed by atoms with E-state index in [0.29, 0.717) is 17.0 Å². The Balaban J connectivity index is 1.88. The van der Waals surface area contributed by atoms with Crippen LogP contribution in [-0.4, -0.2) is 19.5 Å². The average molecular weight is 348 g/mol. The van der Waals surface area contributed by atoms with Crippen LogP contribution in [0.1, 0.15) is 32.6 Å². The number of hydrogen-bond donors (Lipinski definition) is 0. The van der Waals surface area contributed by atoms with E-state index in [0.717, 1.165) is 36.1 Å². The number of imidazole rings is 1. The number of rotatable bonds is 6. The first-order valence-electron chi connectivity index (χ1n) is 9.16. The zero-order valence-electron chi connectivity index (χ0n) is 14.8. The highest BCUT2D eigenvalue weighted by Gasteiger charge is 2.18. The molecule has 0 bridgehead atoms. The molecule has 0 fully saturated rings. The Morgan fingerprint density at radius 1 is 0.846 bits per heavy atom. The molecule has 0 aliphatic rings. The van der Waals surface area contributed by atoms with E-state index >= 15 is 0 Å². The molecule has 0 aliphatic carbocycles. The zero-order chi connectivity index (χ0) is 17.9. The van der Waals surface area contributed by atoms with Crippen molar-refractivity contribution in [2.24, 2.45) is 0 Å². The smallest absolute Gasteiger partial charge is 0.198 e. The fourth-order valence-corrected chi connectivity index (χ4v) is 3.26. The molecule has 132 valence electrons. The van der Waals surface area contributed by atoms with Crippen LogP contribution in [0.3, 0.4) is 0 Å². The molecule has 0 aliphatic heterocycles. The maximum Gasteiger partial charge on any atom is 0.198 e. The van der Waals surface area contributed by atoms with Crippen molar-refractivity contribution in [1.82, 2.24) is 19.5 Å². The molecule has 2 heterocycles. The van der Waals surface area contributed by atoms with Crippen molar-refractivity contribution >= 4 is 22.3 Å². The molecule has 0 amide bonds. The molecule has 0 saturated heterocycles. The molecule has 0 saturated carbocycles. The van der Waals surface area contributed by atoms with Crippen LogP contribution in [-0.2, 0) is 6.54 Å². The third kappa shape index (κ3) is 3.05. The summed E-state index contributed by atoms with van der Waals surface area (Å²) in [7, 11) is 0. The summed E-state index contributed by atoms with van der Waals surface area (Å²) in [5, 5.41) is 0. The second-order valence-corrected chi connectivity index (χ2v) is 6.49. The molecule has 2 aromatic carbocycles. The van der Waals surface area contributed by atoms with Crippen molar-refractivity contribution < 1.29 is 4.39 Å². The zero-order valence-corrected chi connectivity index (χ0v) is 14.8. The number of unbranched alkanes of at least 4 members (excludes halogenated alkanes) is 3. The number of fused-ring (bicyclic) bond motifs is 2. The summed E-state index contributed by atoms with van der Waals surface area (Å²) in [6, 6.07) is 14.5. The first kappa shape index (κ1) is 16.6. The van der Waals surface area contributed by atoms with E-state index in [-0.39, 0.29) is 5.82 Å². The summed E-state index contributed by atoms with van der Waals surface area (Å²) < 4.78 is 16.4. The van der Waals surface area contributed by atoms with Gasteiger partial charge in [-0.3, -0.25) is 0 Å². The largest absolute Gasteiger partial charge is 0.307 e. The first-order valence-corrected chi connectivity index (χ1v) is 9.16. The van der Waals surface area contributed by atoms with E-state index in [9.17, 15) is 4.39 Å². The van der Waals surface area contributed by atoms with Gasteiger partial charge < -0.3 is 4.57 Å². The minimum absolute atomic E-state index is 0.276. The van der Waals surface area contributed by atoms with Crippen molar-refractivity contribution in [2.45, 2.75) is 39.2 Å². The molecule has 0 spiro atoms. The molecule has 5 heteroatoms. The second kappa shape index (κ2) is 7.20. The van der Waals surface area contributed by atoms with Gasteiger partial charge in [0.2, 0.25) is 0 Å². The van der Waals surface area contributed by atoms with Gasteiger partial charge in [0.05, 0.1) is 16.6 Å². The highest BCUT2D eigenvalue weighted by molar-refractivity contribution is 5.84. The molecule has 26 heavy (non-hydrogen) atoms. The Labute approximate surface area is 151 Å². The Morgan fingerprint density at radius 3 is 2.35 bits per heavy atom. The minimum atomic E-state index is -0.276. The molecule has 0 radical (unpaired) electrons. The molecule has 0 atom stereocenters. The van der Waals surface area contributed by atoms with Crippen LogP contribution in [0, 0.1) is 5.82 Å². The summed E-state index contributed by atoms with van der Waals surface area (Å²) in [5.74, 6) is 0.326. The Kier molecular flexibility index (Phi) is 4.61. The van der Waals surface area contributed by atoms with E-state index in [1.54, 1.807) is 12.1 Å². The van der Waals surface area contributed by atoms with Gasteiger partial charge in [-0.15, -0.1) is 0 Å². The molecule has 4 rings (SSSR count). The number of aryl methyl sites for hydroxylation is 1. The predicted octanol–water partition coefficient (Wildman–Crippen LogP) is 5.37. The second-order valence-electron chi connectivity index (χ2n) is 6.49. The summed E-state index contributed by atoms with van der Waals surface area (Å²) >= 11 is 0. The number of aromatic nitrogens is 4. The van der Waals surface area contributed by atoms with Gasteiger partial charge in [0.1, 0.15) is 11.6 Å². The van der Waals surface area contributed by atoms with Crippen LogP contribution in [0.5, 0.6) is 0 Å². The van der Waals surface area contributed by atoms with Gasteiger partial charge in [0.25, 0.3) is 0 Å². The highest BCUT2D eigenvalue weighted by atomic mass is 19.1. The maximum atomic E-state index is 14.4. The third-order valence-electron chi connectivity index (χ3n) is 4.61. The number of nitrogens with zero attached hydrogens (tertiary/aromatic N) is 4. The molecule has 2 aromatic heterocycles. The Bertz CT molecular complexity index is 1050. The molecule has 4 aromatic rings. The van der Waals surface area contributed by atoms with Crippen molar-refractivity contribution in [1.29, 1.82) is 0 Å². The van der Waals surface area contributed by atoms with Gasteiger partial charge >= 0.3 is 0 Å². The van der Waals surface area contributed by atoms with E-state index in [1.807, 2.05) is 34.9 Å². The first-order chi connectivity index (χ1) is 12.8. The quantitative estimate of drug-likeness (QED) is 0.440. The summed E-state index contributed by atoms with van der Waals surface area (Å²) in [6.45, 7) is 2.95. The van der Waals surface area contributed by atoms with Crippen molar-refractivity contribution in [3.63, 3.8) is 0 Å². The average Bonchev–Trinajstić information content (AvgIpc) is 3.01. The Hall–Kier alpha value is -2.82. The van der Waals surface area contributed by atoms with Crippen LogP contribution in [0.4, 0.5) is 4.39 Å². The van der Waals surface area contributed by atoms with E-state index in [4.69, 9.17) is 4.98 Å². The van der Waals surface area contributed by atoms with Gasteiger partial charge in [0.15, 0.2) is 11.3 Å².